The van der Waals surface area contributed by atoms with Gasteiger partial charge in [-0.2, -0.15) is 0 Å². The fraction of sp³-hybridized carbons (Fsp3) is 0.455. The molecule has 0 radical (unpaired) electrons. The van der Waals surface area contributed by atoms with E-state index in [0.717, 1.165) is 56.3 Å². The Bertz CT molecular complexity index is 529. The minimum Gasteiger partial charge on any atom is -0.508 e. The zero-order chi connectivity index (χ0) is 17.6. The first kappa shape index (κ1) is 20.1. The van der Waals surface area contributed by atoms with Crippen LogP contribution in [-0.4, -0.2) is 12.2 Å². The summed E-state index contributed by atoms with van der Waals surface area (Å²) in [4.78, 5) is 0. The minimum atomic E-state index is 0.335. The van der Waals surface area contributed by atoms with E-state index in [2.05, 4.69) is 37.8 Å². The molecule has 0 aliphatic carbocycles. The molecule has 1 aromatic carbocycles. The highest BCUT2D eigenvalue weighted by molar-refractivity contribution is 5.46. The van der Waals surface area contributed by atoms with E-state index in [0.29, 0.717) is 11.7 Å². The Morgan fingerprint density at radius 1 is 1.12 bits per heavy atom. The van der Waals surface area contributed by atoms with Crippen molar-refractivity contribution >= 4 is 0 Å². The molecule has 0 bridgehead atoms. The highest BCUT2D eigenvalue weighted by atomic mass is 16.5. The molecule has 0 spiro atoms. The van der Waals surface area contributed by atoms with Gasteiger partial charge in [-0.05, 0) is 50.2 Å². The molecule has 1 rings (SSSR count). The maximum atomic E-state index is 10.3. The third-order valence-corrected chi connectivity index (χ3v) is 4.17. The highest BCUT2D eigenvalue weighted by Crippen LogP contribution is 2.39. The van der Waals surface area contributed by atoms with Crippen molar-refractivity contribution in [2.24, 2.45) is 0 Å². The molecule has 1 aromatic rings. The number of hydrogen-bond acceptors (Lipinski definition) is 2. The van der Waals surface area contributed by atoms with Gasteiger partial charge in [0.05, 0.1) is 7.11 Å². The number of unbranched alkanes of at least 4 members (excludes halogenated alkanes) is 1. The predicted molar refractivity (Wildman–Crippen MR) is 104 cm³/mol. The molecule has 1 N–H and O–H groups in total. The van der Waals surface area contributed by atoms with Crippen LogP contribution in [0.3, 0.4) is 0 Å². The number of rotatable bonds is 12. The number of phenolic OH excluding ortho intramolecular Hbond substituents is 1. The van der Waals surface area contributed by atoms with Gasteiger partial charge in [-0.3, -0.25) is 0 Å². The Morgan fingerprint density at radius 2 is 1.88 bits per heavy atom. The first-order valence-electron chi connectivity index (χ1n) is 9.01. The third-order valence-electron chi connectivity index (χ3n) is 4.17. The minimum absolute atomic E-state index is 0.335. The number of phenols is 1. The van der Waals surface area contributed by atoms with Crippen molar-refractivity contribution in [3.05, 3.63) is 60.7 Å². The number of benzene rings is 1. The highest BCUT2D eigenvalue weighted by Gasteiger charge is 2.19. The van der Waals surface area contributed by atoms with Gasteiger partial charge in [0.2, 0.25) is 0 Å². The number of methoxy groups -OCH3 is 1. The second kappa shape index (κ2) is 12.5. The van der Waals surface area contributed by atoms with Gasteiger partial charge in [-0.25, -0.2) is 0 Å². The van der Waals surface area contributed by atoms with Crippen molar-refractivity contribution in [1.29, 1.82) is 0 Å². The number of aromatic hydroxyl groups is 1. The number of hydrogen-bond donors (Lipinski definition) is 1. The van der Waals surface area contributed by atoms with Gasteiger partial charge >= 0.3 is 0 Å². The molecule has 2 heteroatoms. The first-order valence-corrected chi connectivity index (χ1v) is 9.01. The smallest absolute Gasteiger partial charge is 0.126 e. The summed E-state index contributed by atoms with van der Waals surface area (Å²) in [5, 5.41) is 10.3. The predicted octanol–water partition coefficient (Wildman–Crippen LogP) is 6.53. The Morgan fingerprint density at radius 3 is 2.58 bits per heavy atom. The molecule has 0 saturated carbocycles. The summed E-state index contributed by atoms with van der Waals surface area (Å²) < 4.78 is 5.47. The van der Waals surface area contributed by atoms with Crippen LogP contribution in [0.4, 0.5) is 0 Å². The molecule has 0 heterocycles. The van der Waals surface area contributed by atoms with Crippen LogP contribution in [0.2, 0.25) is 0 Å². The van der Waals surface area contributed by atoms with Crippen molar-refractivity contribution in [2.45, 2.75) is 57.8 Å². The van der Waals surface area contributed by atoms with Gasteiger partial charge in [-0.15, -0.1) is 6.58 Å². The normalized spacial score (nSPS) is 12.8. The molecule has 0 aromatic heterocycles. The monoisotopic (exact) mass is 328 g/mol. The van der Waals surface area contributed by atoms with Crippen LogP contribution in [0.15, 0.2) is 55.2 Å². The van der Waals surface area contributed by atoms with Crippen molar-refractivity contribution in [3.63, 3.8) is 0 Å². The fourth-order valence-corrected chi connectivity index (χ4v) is 2.88. The van der Waals surface area contributed by atoms with Crippen LogP contribution in [0.1, 0.15) is 63.4 Å². The van der Waals surface area contributed by atoms with E-state index in [1.807, 2.05) is 18.2 Å². The summed E-state index contributed by atoms with van der Waals surface area (Å²) in [5.41, 5.74) is 0.965. The van der Waals surface area contributed by atoms with Crippen LogP contribution >= 0.6 is 0 Å². The summed E-state index contributed by atoms with van der Waals surface area (Å²) in [6, 6.07) is 5.54. The maximum Gasteiger partial charge on any atom is 0.126 e. The van der Waals surface area contributed by atoms with E-state index < -0.39 is 0 Å². The van der Waals surface area contributed by atoms with Gasteiger partial charge in [0.1, 0.15) is 11.5 Å². The van der Waals surface area contributed by atoms with Gasteiger partial charge in [0.25, 0.3) is 0 Å². The van der Waals surface area contributed by atoms with E-state index >= 15 is 0 Å². The molecule has 0 aliphatic rings. The average Bonchev–Trinajstić information content (AvgIpc) is 2.60. The van der Waals surface area contributed by atoms with Gasteiger partial charge in [0.15, 0.2) is 0 Å². The summed E-state index contributed by atoms with van der Waals surface area (Å²) in [5.74, 6) is 1.49. The standard InChI is InChI=1S/C22H32O2/c1-4-6-8-9-10-11-12-13-16-19(15-7-5-2)22-20(23)17-14-18-21(22)24-3/h4,8-9,11-12,14,17-19,23H,1,5-7,10,13,15-16H2,2-3H3. The molecule has 0 fully saturated rings. The molecule has 2 nitrogen and oxygen atoms in total. The zero-order valence-corrected chi connectivity index (χ0v) is 15.2. The SMILES string of the molecule is C=CCC=CCC=CCCC(CCCC)c1c(O)cccc1OC. The first-order chi connectivity index (χ1) is 11.7. The Hall–Kier alpha value is -1.96. The van der Waals surface area contributed by atoms with E-state index in [-0.39, 0.29) is 0 Å². The van der Waals surface area contributed by atoms with Crippen LogP contribution in [0.5, 0.6) is 11.5 Å². The van der Waals surface area contributed by atoms with E-state index in [1.165, 1.54) is 0 Å². The van der Waals surface area contributed by atoms with Crippen LogP contribution in [0, 0.1) is 0 Å². The van der Waals surface area contributed by atoms with Crippen molar-refractivity contribution in [2.75, 3.05) is 7.11 Å². The van der Waals surface area contributed by atoms with E-state index in [1.54, 1.807) is 13.2 Å². The zero-order valence-electron chi connectivity index (χ0n) is 15.2. The van der Waals surface area contributed by atoms with Crippen LogP contribution in [-0.2, 0) is 0 Å². The quantitative estimate of drug-likeness (QED) is 0.442. The van der Waals surface area contributed by atoms with Crippen LogP contribution < -0.4 is 4.74 Å². The molecule has 1 unspecified atom stereocenters. The largest absolute Gasteiger partial charge is 0.508 e. The molecular weight excluding hydrogens is 296 g/mol. The molecule has 0 amide bonds. The summed E-state index contributed by atoms with van der Waals surface area (Å²) >= 11 is 0. The van der Waals surface area contributed by atoms with Gasteiger partial charge < -0.3 is 9.84 Å². The number of ether oxygens (including phenoxy) is 1. The number of allylic oxidation sites excluding steroid dienone is 5. The molecule has 24 heavy (non-hydrogen) atoms. The van der Waals surface area contributed by atoms with Crippen molar-refractivity contribution in [3.8, 4) is 11.5 Å². The molecule has 0 saturated heterocycles. The molecule has 132 valence electrons. The Balaban J connectivity index is 2.66. The topological polar surface area (TPSA) is 29.5 Å². The van der Waals surface area contributed by atoms with Crippen LogP contribution in [0.25, 0.3) is 0 Å². The summed E-state index contributed by atoms with van der Waals surface area (Å²) in [6.45, 7) is 5.90. The molecular formula is C22H32O2. The lowest BCUT2D eigenvalue weighted by molar-refractivity contribution is 0.386. The van der Waals surface area contributed by atoms with Crippen molar-refractivity contribution < 1.29 is 9.84 Å². The third kappa shape index (κ3) is 7.08. The Labute approximate surface area is 147 Å². The average molecular weight is 328 g/mol. The lowest BCUT2D eigenvalue weighted by atomic mass is 9.88. The van der Waals surface area contributed by atoms with E-state index in [9.17, 15) is 5.11 Å². The lowest BCUT2D eigenvalue weighted by Crippen LogP contribution is -2.02. The molecule has 0 aliphatic heterocycles. The van der Waals surface area contributed by atoms with Crippen molar-refractivity contribution in [1.82, 2.24) is 0 Å². The second-order valence-corrected chi connectivity index (χ2v) is 6.01. The Kier molecular flexibility index (Phi) is 10.4. The van der Waals surface area contributed by atoms with E-state index in [4.69, 9.17) is 4.74 Å². The molecule has 1 atom stereocenters. The second-order valence-electron chi connectivity index (χ2n) is 6.01. The lowest BCUT2D eigenvalue weighted by Gasteiger charge is -2.20. The van der Waals surface area contributed by atoms with Gasteiger partial charge in [-0.1, -0.05) is 56.2 Å². The summed E-state index contributed by atoms with van der Waals surface area (Å²) in [6.07, 6.45) is 18.0. The fourth-order valence-electron chi connectivity index (χ4n) is 2.88. The van der Waals surface area contributed by atoms with Gasteiger partial charge in [0, 0.05) is 5.56 Å². The maximum absolute atomic E-state index is 10.3. The summed E-state index contributed by atoms with van der Waals surface area (Å²) in [7, 11) is 1.67.